The van der Waals surface area contributed by atoms with Crippen LogP contribution in [-0.2, 0) is 4.79 Å². The number of amides is 1. The van der Waals surface area contributed by atoms with Gasteiger partial charge in [0, 0.05) is 20.1 Å². The van der Waals surface area contributed by atoms with E-state index in [-0.39, 0.29) is 11.9 Å². The fourth-order valence-electron chi connectivity index (χ4n) is 2.45. The second-order valence-corrected chi connectivity index (χ2v) is 4.95. The summed E-state index contributed by atoms with van der Waals surface area (Å²) in [5.74, 6) is 0.933. The number of hydrogen-bond acceptors (Lipinski definition) is 2. The fraction of sp³-hybridized carbons (Fsp3) is 0.917. The molecule has 1 amide bonds. The maximum absolute atomic E-state index is 11.7. The predicted molar refractivity (Wildman–Crippen MR) is 62.7 cm³/mol. The van der Waals surface area contributed by atoms with Gasteiger partial charge in [0.2, 0.25) is 5.91 Å². The Hall–Kier alpha value is -0.570. The quantitative estimate of drug-likeness (QED) is 0.768. The molecule has 0 heterocycles. The summed E-state index contributed by atoms with van der Waals surface area (Å²) in [6.07, 6.45) is 5.34. The van der Waals surface area contributed by atoms with Crippen molar-refractivity contribution in [2.24, 2.45) is 5.92 Å². The van der Waals surface area contributed by atoms with Crippen LogP contribution < -0.4 is 5.32 Å². The Kier molecular flexibility index (Phi) is 4.58. The first-order chi connectivity index (χ1) is 7.02. The second kappa shape index (κ2) is 5.50. The van der Waals surface area contributed by atoms with E-state index in [1.54, 1.807) is 19.0 Å². The largest absolute Gasteiger partial charge is 0.347 e. The number of carbonyl (C=O) groups excluding carboxylic acids is 1. The topological polar surface area (TPSA) is 32.3 Å². The molecular weight excluding hydrogens is 188 g/mol. The lowest BCUT2D eigenvalue weighted by Crippen LogP contribution is -2.47. The number of hydrogen-bond donors (Lipinski definition) is 1. The van der Waals surface area contributed by atoms with Crippen LogP contribution in [0.15, 0.2) is 0 Å². The first kappa shape index (κ1) is 12.5. The van der Waals surface area contributed by atoms with Gasteiger partial charge in [-0.05, 0) is 32.6 Å². The molecule has 2 atom stereocenters. The molecule has 0 spiro atoms. The number of likely N-dealkylation sites (N-methyl/N-ethyl adjacent to an activating group) is 1. The van der Waals surface area contributed by atoms with Crippen LogP contribution in [0.4, 0.5) is 0 Å². The van der Waals surface area contributed by atoms with Crippen LogP contribution in [0.2, 0.25) is 0 Å². The van der Waals surface area contributed by atoms with Crippen molar-refractivity contribution in [3.63, 3.8) is 0 Å². The lowest BCUT2D eigenvalue weighted by Gasteiger charge is -2.25. The zero-order chi connectivity index (χ0) is 11.4. The van der Waals surface area contributed by atoms with Gasteiger partial charge in [-0.25, -0.2) is 0 Å². The molecule has 0 radical (unpaired) electrons. The maximum Gasteiger partial charge on any atom is 0.238 e. The van der Waals surface area contributed by atoms with Gasteiger partial charge < -0.3 is 10.2 Å². The Morgan fingerprint density at radius 2 is 1.80 bits per heavy atom. The third-order valence-corrected chi connectivity index (χ3v) is 3.43. The molecule has 3 nitrogen and oxygen atoms in total. The molecule has 0 aromatic rings. The van der Waals surface area contributed by atoms with Gasteiger partial charge in [-0.1, -0.05) is 12.8 Å². The average Bonchev–Trinajstić information content (AvgIpc) is 2.68. The zero-order valence-corrected chi connectivity index (χ0v) is 10.4. The minimum Gasteiger partial charge on any atom is -0.347 e. The van der Waals surface area contributed by atoms with Gasteiger partial charge in [0.25, 0.3) is 0 Å². The minimum atomic E-state index is -0.0596. The molecule has 1 saturated carbocycles. The van der Waals surface area contributed by atoms with Crippen LogP contribution in [0, 0.1) is 5.92 Å². The highest BCUT2D eigenvalue weighted by Gasteiger charge is 2.24. The molecule has 0 saturated heterocycles. The third-order valence-electron chi connectivity index (χ3n) is 3.43. The van der Waals surface area contributed by atoms with Crippen molar-refractivity contribution in [2.75, 3.05) is 14.1 Å². The van der Waals surface area contributed by atoms with E-state index in [0.29, 0.717) is 6.04 Å². The van der Waals surface area contributed by atoms with Crippen molar-refractivity contribution < 1.29 is 4.79 Å². The van der Waals surface area contributed by atoms with Crippen LogP contribution in [-0.4, -0.2) is 37.0 Å². The Bertz CT molecular complexity index is 210. The zero-order valence-electron chi connectivity index (χ0n) is 10.4. The average molecular weight is 212 g/mol. The highest BCUT2D eigenvalue weighted by Crippen LogP contribution is 2.27. The highest BCUT2D eigenvalue weighted by molar-refractivity contribution is 5.80. The van der Waals surface area contributed by atoms with Gasteiger partial charge in [-0.15, -0.1) is 0 Å². The van der Waals surface area contributed by atoms with E-state index in [2.05, 4.69) is 12.2 Å². The van der Waals surface area contributed by atoms with Crippen LogP contribution in [0.3, 0.4) is 0 Å². The number of nitrogens with one attached hydrogen (secondary N) is 1. The van der Waals surface area contributed by atoms with E-state index in [0.717, 1.165) is 5.92 Å². The summed E-state index contributed by atoms with van der Waals surface area (Å²) in [6.45, 7) is 4.16. The molecule has 1 N–H and O–H groups in total. The molecule has 0 aliphatic heterocycles. The summed E-state index contributed by atoms with van der Waals surface area (Å²) in [5.41, 5.74) is 0. The first-order valence-electron chi connectivity index (χ1n) is 5.99. The second-order valence-electron chi connectivity index (χ2n) is 4.95. The monoisotopic (exact) mass is 212 g/mol. The fourth-order valence-corrected chi connectivity index (χ4v) is 2.45. The summed E-state index contributed by atoms with van der Waals surface area (Å²) in [5, 5.41) is 3.41. The van der Waals surface area contributed by atoms with Crippen LogP contribution in [0.25, 0.3) is 0 Å². The third kappa shape index (κ3) is 3.49. The lowest BCUT2D eigenvalue weighted by molar-refractivity contribution is -0.130. The molecule has 88 valence electrons. The Labute approximate surface area is 93.2 Å². The summed E-state index contributed by atoms with van der Waals surface area (Å²) in [7, 11) is 3.61. The molecule has 1 fully saturated rings. The number of rotatable bonds is 4. The molecule has 1 unspecified atom stereocenters. The number of nitrogens with zero attached hydrogens (tertiary/aromatic N) is 1. The molecule has 15 heavy (non-hydrogen) atoms. The summed E-state index contributed by atoms with van der Waals surface area (Å²) < 4.78 is 0. The van der Waals surface area contributed by atoms with Crippen molar-refractivity contribution in [2.45, 2.75) is 51.6 Å². The van der Waals surface area contributed by atoms with Crippen LogP contribution in [0.1, 0.15) is 39.5 Å². The predicted octanol–water partition coefficient (Wildman–Crippen LogP) is 1.63. The number of carbonyl (C=O) groups is 1. The Morgan fingerprint density at radius 3 is 2.27 bits per heavy atom. The first-order valence-corrected chi connectivity index (χ1v) is 5.99. The van der Waals surface area contributed by atoms with E-state index in [1.807, 2.05) is 6.92 Å². The van der Waals surface area contributed by atoms with Crippen LogP contribution in [0.5, 0.6) is 0 Å². The molecule has 0 aromatic heterocycles. The van der Waals surface area contributed by atoms with Gasteiger partial charge in [0.15, 0.2) is 0 Å². The van der Waals surface area contributed by atoms with Gasteiger partial charge in [0.05, 0.1) is 6.04 Å². The molecule has 1 aliphatic carbocycles. The SMILES string of the molecule is CC(N[C@@H](C)C1CCCC1)C(=O)N(C)C. The Morgan fingerprint density at radius 1 is 1.27 bits per heavy atom. The maximum atomic E-state index is 11.7. The summed E-state index contributed by atoms with van der Waals surface area (Å²) in [4.78, 5) is 13.3. The van der Waals surface area contributed by atoms with Gasteiger partial charge >= 0.3 is 0 Å². The summed E-state index contributed by atoms with van der Waals surface area (Å²) in [6, 6.07) is 0.405. The van der Waals surface area contributed by atoms with E-state index in [1.165, 1.54) is 25.7 Å². The van der Waals surface area contributed by atoms with Crippen molar-refractivity contribution in [1.29, 1.82) is 0 Å². The Balaban J connectivity index is 2.36. The van der Waals surface area contributed by atoms with E-state index < -0.39 is 0 Å². The normalized spacial score (nSPS) is 21.3. The summed E-state index contributed by atoms with van der Waals surface area (Å²) >= 11 is 0. The molecule has 1 aliphatic rings. The minimum absolute atomic E-state index is 0.0596. The van der Waals surface area contributed by atoms with Crippen molar-refractivity contribution in [3.05, 3.63) is 0 Å². The van der Waals surface area contributed by atoms with Gasteiger partial charge in [0.1, 0.15) is 0 Å². The van der Waals surface area contributed by atoms with E-state index >= 15 is 0 Å². The van der Waals surface area contributed by atoms with Crippen molar-refractivity contribution in [1.82, 2.24) is 10.2 Å². The molecule has 0 aromatic carbocycles. The smallest absolute Gasteiger partial charge is 0.238 e. The lowest BCUT2D eigenvalue weighted by atomic mass is 9.99. The molecular formula is C12H24N2O. The van der Waals surface area contributed by atoms with Crippen LogP contribution >= 0.6 is 0 Å². The van der Waals surface area contributed by atoms with E-state index in [9.17, 15) is 4.79 Å². The molecule has 1 rings (SSSR count). The molecule has 3 heteroatoms. The van der Waals surface area contributed by atoms with Gasteiger partial charge in [-0.2, -0.15) is 0 Å². The highest BCUT2D eigenvalue weighted by atomic mass is 16.2. The van der Waals surface area contributed by atoms with E-state index in [4.69, 9.17) is 0 Å². The molecule has 0 bridgehead atoms. The van der Waals surface area contributed by atoms with Gasteiger partial charge in [-0.3, -0.25) is 4.79 Å². The van der Waals surface area contributed by atoms with Crippen molar-refractivity contribution >= 4 is 5.91 Å². The standard InChI is InChI=1S/C12H24N2O/c1-9(11-7-5-6-8-11)13-10(2)12(15)14(3)4/h9-11,13H,5-8H2,1-4H3/t9-,10?/m0/s1. The van der Waals surface area contributed by atoms with Crippen molar-refractivity contribution in [3.8, 4) is 0 Å².